The van der Waals surface area contributed by atoms with Gasteiger partial charge in [0.15, 0.2) is 6.10 Å². The monoisotopic (exact) mass is 301 g/mol. The van der Waals surface area contributed by atoms with Gasteiger partial charge in [0.2, 0.25) is 0 Å². The van der Waals surface area contributed by atoms with E-state index in [2.05, 4.69) is 0 Å². The third-order valence-electron chi connectivity index (χ3n) is 3.72. The van der Waals surface area contributed by atoms with Crippen molar-refractivity contribution in [1.82, 2.24) is 0 Å². The molecule has 114 valence electrons. The Morgan fingerprint density at radius 3 is 2.86 bits per heavy atom. The highest BCUT2D eigenvalue weighted by Crippen LogP contribution is 2.37. The maximum Gasteiger partial charge on any atom is 0.269 e. The van der Waals surface area contributed by atoms with E-state index in [-0.39, 0.29) is 5.69 Å². The quantitative estimate of drug-likeness (QED) is 0.696. The maximum absolute atomic E-state index is 10.9. The van der Waals surface area contributed by atoms with Crippen LogP contribution < -0.4 is 9.47 Å². The molecule has 2 aromatic carbocycles. The van der Waals surface area contributed by atoms with Crippen molar-refractivity contribution in [3.8, 4) is 11.5 Å². The van der Waals surface area contributed by atoms with Crippen LogP contribution in [0, 0.1) is 10.1 Å². The molecule has 0 unspecified atom stereocenters. The lowest BCUT2D eigenvalue weighted by Gasteiger charge is -2.31. The highest BCUT2D eigenvalue weighted by molar-refractivity contribution is 5.44. The average molecular weight is 301 g/mol. The highest BCUT2D eigenvalue weighted by atomic mass is 16.6. The zero-order chi connectivity index (χ0) is 15.7. The van der Waals surface area contributed by atoms with Gasteiger partial charge in [-0.3, -0.25) is 10.1 Å². The number of nitro groups is 1. The third kappa shape index (κ3) is 2.60. The van der Waals surface area contributed by atoms with Crippen LogP contribution in [0.2, 0.25) is 0 Å². The number of hydrogen-bond acceptors (Lipinski definition) is 5. The van der Waals surface area contributed by atoms with E-state index in [0.29, 0.717) is 23.5 Å². The van der Waals surface area contributed by atoms with Gasteiger partial charge in [-0.05, 0) is 11.6 Å². The summed E-state index contributed by atoms with van der Waals surface area (Å²) < 4.78 is 11.0. The first kappa shape index (κ1) is 14.3. The van der Waals surface area contributed by atoms with Gasteiger partial charge in [0.1, 0.15) is 11.5 Å². The second-order valence-electron chi connectivity index (χ2n) is 5.14. The highest BCUT2D eigenvalue weighted by Gasteiger charge is 2.30. The van der Waals surface area contributed by atoms with E-state index in [0.717, 1.165) is 5.56 Å². The third-order valence-corrected chi connectivity index (χ3v) is 3.72. The molecular formula is C16H15NO5. The van der Waals surface area contributed by atoms with Crippen LogP contribution in [0.5, 0.6) is 11.5 Å². The number of ether oxygens (including phenoxy) is 2. The molecule has 0 radical (unpaired) electrons. The largest absolute Gasteiger partial charge is 0.497 e. The number of nitro benzene ring substituents is 1. The van der Waals surface area contributed by atoms with Crippen LogP contribution >= 0.6 is 0 Å². The molecule has 0 saturated heterocycles. The van der Waals surface area contributed by atoms with Crippen LogP contribution in [-0.4, -0.2) is 23.2 Å². The fourth-order valence-electron chi connectivity index (χ4n) is 2.59. The Balaban J connectivity index is 1.95. The predicted molar refractivity (Wildman–Crippen MR) is 79.2 cm³/mol. The molecule has 6 nitrogen and oxygen atoms in total. The fourth-order valence-corrected chi connectivity index (χ4v) is 2.59. The summed E-state index contributed by atoms with van der Waals surface area (Å²) in [6, 6.07) is 11.6. The van der Waals surface area contributed by atoms with Gasteiger partial charge in [-0.25, -0.2) is 0 Å². The Labute approximate surface area is 127 Å². The number of non-ortho nitro benzene ring substituents is 1. The van der Waals surface area contributed by atoms with E-state index >= 15 is 0 Å². The minimum atomic E-state index is -0.761. The van der Waals surface area contributed by atoms with Crippen LogP contribution in [0.4, 0.5) is 5.69 Å². The van der Waals surface area contributed by atoms with Crippen LogP contribution in [0.1, 0.15) is 17.2 Å². The van der Waals surface area contributed by atoms with Crippen molar-refractivity contribution < 1.29 is 19.5 Å². The Morgan fingerprint density at radius 1 is 1.32 bits per heavy atom. The summed E-state index contributed by atoms with van der Waals surface area (Å²) in [5.74, 6) is 1.29. The molecule has 0 aliphatic carbocycles. The molecule has 1 aliphatic heterocycles. The molecule has 0 saturated carbocycles. The molecule has 2 aromatic rings. The van der Waals surface area contributed by atoms with Gasteiger partial charge < -0.3 is 14.6 Å². The molecule has 0 aromatic heterocycles. The first-order valence-electron chi connectivity index (χ1n) is 6.84. The first-order valence-corrected chi connectivity index (χ1v) is 6.84. The van der Waals surface area contributed by atoms with Crippen molar-refractivity contribution in [2.24, 2.45) is 0 Å². The summed E-state index contributed by atoms with van der Waals surface area (Å²) in [7, 11) is 1.57. The van der Waals surface area contributed by atoms with Crippen LogP contribution in [0.3, 0.4) is 0 Å². The predicted octanol–water partition coefficient (Wildman–Crippen LogP) is 2.64. The van der Waals surface area contributed by atoms with Crippen molar-refractivity contribution in [2.75, 3.05) is 7.11 Å². The van der Waals surface area contributed by atoms with E-state index in [1.165, 1.54) is 12.1 Å². The number of aliphatic hydroxyl groups is 1. The Hall–Kier alpha value is -2.60. The topological polar surface area (TPSA) is 81.8 Å². The smallest absolute Gasteiger partial charge is 0.269 e. The second-order valence-corrected chi connectivity index (χ2v) is 5.14. The normalized spacial score (nSPS) is 19.9. The molecular weight excluding hydrogens is 286 g/mol. The van der Waals surface area contributed by atoms with E-state index in [4.69, 9.17) is 9.47 Å². The summed E-state index contributed by atoms with van der Waals surface area (Å²) in [6.45, 7) is 0. The van der Waals surface area contributed by atoms with E-state index in [1.807, 2.05) is 12.1 Å². The van der Waals surface area contributed by atoms with Crippen molar-refractivity contribution in [1.29, 1.82) is 0 Å². The number of aliphatic hydroxyl groups excluding tert-OH is 1. The lowest BCUT2D eigenvalue weighted by Crippen LogP contribution is -2.30. The van der Waals surface area contributed by atoms with Crippen LogP contribution in [0.25, 0.3) is 0 Å². The van der Waals surface area contributed by atoms with Crippen molar-refractivity contribution in [2.45, 2.75) is 18.6 Å². The lowest BCUT2D eigenvalue weighted by atomic mass is 9.94. The average Bonchev–Trinajstić information content (AvgIpc) is 2.54. The zero-order valence-corrected chi connectivity index (χ0v) is 11.9. The van der Waals surface area contributed by atoms with Gasteiger partial charge in [0.25, 0.3) is 5.69 Å². The molecule has 0 spiro atoms. The summed E-state index contributed by atoms with van der Waals surface area (Å²) in [5, 5.41) is 21.2. The standard InChI is InChI=1S/C16H15NO5/c1-21-13-6-5-10-8-14(18)16(22-15(10)9-13)11-3-2-4-12(7-11)17(19)20/h2-7,9,14,16,18H,8H2,1H3/t14-,16+/m0/s1. The summed E-state index contributed by atoms with van der Waals surface area (Å²) in [6.07, 6.45) is -0.977. The molecule has 0 amide bonds. The molecule has 3 rings (SSSR count). The molecule has 0 fully saturated rings. The molecule has 1 aliphatic rings. The summed E-state index contributed by atoms with van der Waals surface area (Å²) in [4.78, 5) is 10.4. The first-order chi connectivity index (χ1) is 10.6. The summed E-state index contributed by atoms with van der Waals surface area (Å²) >= 11 is 0. The fraction of sp³-hybridized carbons (Fsp3) is 0.250. The summed E-state index contributed by atoms with van der Waals surface area (Å²) in [5.41, 5.74) is 1.44. The van der Waals surface area contributed by atoms with Gasteiger partial charge in [0.05, 0.1) is 18.1 Å². The zero-order valence-electron chi connectivity index (χ0n) is 11.9. The van der Waals surface area contributed by atoms with Crippen LogP contribution in [-0.2, 0) is 6.42 Å². The molecule has 1 N–H and O–H groups in total. The lowest BCUT2D eigenvalue weighted by molar-refractivity contribution is -0.385. The number of rotatable bonds is 3. The number of fused-ring (bicyclic) bond motifs is 1. The maximum atomic E-state index is 10.9. The minimum absolute atomic E-state index is 0.0234. The Morgan fingerprint density at radius 2 is 2.14 bits per heavy atom. The number of nitrogens with zero attached hydrogens (tertiary/aromatic N) is 1. The number of benzene rings is 2. The van der Waals surface area contributed by atoms with Crippen LogP contribution in [0.15, 0.2) is 42.5 Å². The second kappa shape index (κ2) is 5.65. The SMILES string of the molecule is COc1ccc2c(c1)O[C@H](c1cccc([N+](=O)[O-])c1)[C@@H](O)C2. The van der Waals surface area contributed by atoms with Gasteiger partial charge in [-0.1, -0.05) is 18.2 Å². The van der Waals surface area contributed by atoms with E-state index in [9.17, 15) is 15.2 Å². The van der Waals surface area contributed by atoms with E-state index in [1.54, 1.807) is 25.3 Å². The molecule has 6 heteroatoms. The molecule has 22 heavy (non-hydrogen) atoms. The molecule has 2 atom stereocenters. The molecule has 1 heterocycles. The molecule has 0 bridgehead atoms. The Kier molecular flexibility index (Phi) is 3.68. The van der Waals surface area contributed by atoms with Gasteiger partial charge in [0, 0.05) is 30.2 Å². The van der Waals surface area contributed by atoms with Crippen molar-refractivity contribution >= 4 is 5.69 Å². The minimum Gasteiger partial charge on any atom is -0.497 e. The number of methoxy groups -OCH3 is 1. The van der Waals surface area contributed by atoms with E-state index < -0.39 is 17.1 Å². The van der Waals surface area contributed by atoms with Gasteiger partial charge in [-0.2, -0.15) is 0 Å². The Bertz CT molecular complexity index is 715. The van der Waals surface area contributed by atoms with Gasteiger partial charge in [-0.15, -0.1) is 0 Å². The van der Waals surface area contributed by atoms with Crippen molar-refractivity contribution in [3.05, 3.63) is 63.7 Å². The van der Waals surface area contributed by atoms with Gasteiger partial charge >= 0.3 is 0 Å². The number of hydrogen-bond donors (Lipinski definition) is 1. The van der Waals surface area contributed by atoms with Crippen molar-refractivity contribution in [3.63, 3.8) is 0 Å².